The number of hydrogen-bond donors (Lipinski definition) is 1. The van der Waals surface area contributed by atoms with Crippen LogP contribution in [0.25, 0.3) is 17.2 Å². The van der Waals surface area contributed by atoms with E-state index in [-0.39, 0.29) is 5.69 Å². The van der Waals surface area contributed by atoms with Gasteiger partial charge in [-0.25, -0.2) is 41.9 Å². The number of piperidine rings is 1. The number of halogens is 2. The molecular formula is C19H23F2N7O2S. The molecule has 12 heteroatoms. The molecule has 0 bridgehead atoms. The normalized spacial score (nSPS) is 17.5. The maximum Gasteiger partial charge on any atom is 0.281 e. The summed E-state index contributed by atoms with van der Waals surface area (Å²) in [5.74, 6) is 1.47. The Labute approximate surface area is 178 Å². The van der Waals surface area contributed by atoms with Gasteiger partial charge in [-0.15, -0.1) is 0 Å². The summed E-state index contributed by atoms with van der Waals surface area (Å²) in [4.78, 5) is 19.1. The fraction of sp³-hybridized carbons (Fsp3) is 0.474. The number of hydrogen-bond acceptors (Lipinski definition) is 7. The van der Waals surface area contributed by atoms with Crippen LogP contribution in [0, 0.1) is 5.92 Å². The van der Waals surface area contributed by atoms with Crippen LogP contribution in [0.1, 0.15) is 31.4 Å². The zero-order chi connectivity index (χ0) is 22.0. The Hall–Kier alpha value is -2.73. The molecule has 4 heterocycles. The van der Waals surface area contributed by atoms with Crippen LogP contribution in [0.4, 0.5) is 14.6 Å². The highest BCUT2D eigenvalue weighted by Crippen LogP contribution is 2.26. The molecule has 1 saturated heterocycles. The standard InChI is InChI=1S/C19H23F2N7O2S/c1-31(29,30)25-7-4-13-3-2-8-27(11-13)16-5-6-22-19(26-16)15-9-24-17-10-23-14(18(20)21)12-28(15)17/h5-6,9-10,12-13,18,25H,2-4,7-8,11H2,1H3. The Morgan fingerprint density at radius 2 is 2.10 bits per heavy atom. The number of rotatable bonds is 7. The van der Waals surface area contributed by atoms with Crippen molar-refractivity contribution < 1.29 is 17.2 Å². The highest BCUT2D eigenvalue weighted by Gasteiger charge is 2.22. The first-order valence-electron chi connectivity index (χ1n) is 9.94. The van der Waals surface area contributed by atoms with Crippen molar-refractivity contribution in [2.24, 2.45) is 5.92 Å². The molecule has 31 heavy (non-hydrogen) atoms. The zero-order valence-electron chi connectivity index (χ0n) is 16.9. The van der Waals surface area contributed by atoms with Crippen LogP contribution in [0.3, 0.4) is 0 Å². The number of anilines is 1. The third-order valence-corrected chi connectivity index (χ3v) is 6.00. The first kappa shape index (κ1) is 21.5. The van der Waals surface area contributed by atoms with Crippen LogP contribution in [0.15, 0.2) is 30.9 Å². The summed E-state index contributed by atoms with van der Waals surface area (Å²) in [6.07, 6.45) is 6.95. The molecule has 1 aliphatic rings. The second-order valence-corrected chi connectivity index (χ2v) is 9.47. The van der Waals surface area contributed by atoms with Crippen LogP contribution in [0.5, 0.6) is 0 Å². The van der Waals surface area contributed by atoms with Crippen molar-refractivity contribution in [3.05, 3.63) is 36.5 Å². The van der Waals surface area contributed by atoms with E-state index in [9.17, 15) is 17.2 Å². The molecule has 0 saturated carbocycles. The summed E-state index contributed by atoms with van der Waals surface area (Å²) < 4.78 is 52.7. The van der Waals surface area contributed by atoms with Crippen LogP contribution >= 0.6 is 0 Å². The number of alkyl halides is 2. The van der Waals surface area contributed by atoms with E-state index in [0.29, 0.717) is 29.6 Å². The minimum absolute atomic E-state index is 0.343. The van der Waals surface area contributed by atoms with Gasteiger partial charge in [0.25, 0.3) is 6.43 Å². The Balaban J connectivity index is 1.53. The molecule has 1 N–H and O–H groups in total. The van der Waals surface area contributed by atoms with Gasteiger partial charge in [-0.1, -0.05) is 0 Å². The molecule has 0 spiro atoms. The van der Waals surface area contributed by atoms with Crippen molar-refractivity contribution in [2.75, 3.05) is 30.8 Å². The molecular weight excluding hydrogens is 428 g/mol. The highest BCUT2D eigenvalue weighted by molar-refractivity contribution is 7.88. The van der Waals surface area contributed by atoms with Crippen LogP contribution < -0.4 is 9.62 Å². The number of fused-ring (bicyclic) bond motifs is 1. The quantitative estimate of drug-likeness (QED) is 0.587. The van der Waals surface area contributed by atoms with Gasteiger partial charge in [0.15, 0.2) is 11.5 Å². The van der Waals surface area contributed by atoms with Gasteiger partial charge < -0.3 is 4.90 Å². The molecule has 0 aromatic carbocycles. The van der Waals surface area contributed by atoms with Crippen LogP contribution in [-0.2, 0) is 10.0 Å². The van der Waals surface area contributed by atoms with E-state index in [1.165, 1.54) is 16.8 Å². The molecule has 0 radical (unpaired) electrons. The number of sulfonamides is 1. The van der Waals surface area contributed by atoms with E-state index in [0.717, 1.165) is 44.4 Å². The number of imidazole rings is 1. The summed E-state index contributed by atoms with van der Waals surface area (Å²) in [7, 11) is -3.19. The first-order valence-corrected chi connectivity index (χ1v) is 11.8. The highest BCUT2D eigenvalue weighted by atomic mass is 32.2. The van der Waals surface area contributed by atoms with Gasteiger partial charge in [-0.3, -0.25) is 4.40 Å². The van der Waals surface area contributed by atoms with Crippen LogP contribution in [0.2, 0.25) is 0 Å². The van der Waals surface area contributed by atoms with Crippen LogP contribution in [-0.4, -0.2) is 58.6 Å². The second-order valence-electron chi connectivity index (χ2n) is 7.63. The van der Waals surface area contributed by atoms with Crippen molar-refractivity contribution in [3.63, 3.8) is 0 Å². The van der Waals surface area contributed by atoms with Gasteiger partial charge in [0.1, 0.15) is 17.2 Å². The molecule has 1 fully saturated rings. The average molecular weight is 452 g/mol. The van der Waals surface area contributed by atoms with E-state index in [2.05, 4.69) is 29.6 Å². The number of aromatic nitrogens is 5. The van der Waals surface area contributed by atoms with E-state index < -0.39 is 16.4 Å². The predicted molar refractivity (Wildman–Crippen MR) is 111 cm³/mol. The van der Waals surface area contributed by atoms with Crippen molar-refractivity contribution in [1.82, 2.24) is 29.1 Å². The maximum atomic E-state index is 13.1. The third-order valence-electron chi connectivity index (χ3n) is 5.27. The Kier molecular flexibility index (Phi) is 6.10. The molecule has 166 valence electrons. The first-order chi connectivity index (χ1) is 14.8. The third kappa shape index (κ3) is 5.13. The fourth-order valence-electron chi connectivity index (χ4n) is 3.79. The molecule has 0 amide bonds. The van der Waals surface area contributed by atoms with Crippen molar-refractivity contribution >= 4 is 21.5 Å². The lowest BCUT2D eigenvalue weighted by Gasteiger charge is -2.33. The van der Waals surface area contributed by atoms with Gasteiger partial charge >= 0.3 is 0 Å². The second kappa shape index (κ2) is 8.79. The van der Waals surface area contributed by atoms with Gasteiger partial charge in [0.2, 0.25) is 10.0 Å². The van der Waals surface area contributed by atoms with Gasteiger partial charge in [-0.05, 0) is 31.2 Å². The average Bonchev–Trinajstić information content (AvgIpc) is 3.16. The molecule has 1 atom stereocenters. The monoisotopic (exact) mass is 451 g/mol. The Morgan fingerprint density at radius 3 is 2.87 bits per heavy atom. The molecule has 1 unspecified atom stereocenters. The van der Waals surface area contributed by atoms with Gasteiger partial charge in [0, 0.05) is 32.0 Å². The fourth-order valence-corrected chi connectivity index (χ4v) is 4.28. The minimum atomic E-state index is -3.19. The molecule has 3 aromatic heterocycles. The summed E-state index contributed by atoms with van der Waals surface area (Å²) in [6, 6.07) is 1.82. The van der Waals surface area contributed by atoms with Gasteiger partial charge in [0.05, 0.1) is 18.6 Å². The maximum absolute atomic E-state index is 13.1. The van der Waals surface area contributed by atoms with Gasteiger partial charge in [-0.2, -0.15) is 0 Å². The van der Waals surface area contributed by atoms with Crippen molar-refractivity contribution in [1.29, 1.82) is 0 Å². The van der Waals surface area contributed by atoms with Crippen molar-refractivity contribution in [2.45, 2.75) is 25.7 Å². The summed E-state index contributed by atoms with van der Waals surface area (Å²) in [6.45, 7) is 2.00. The van der Waals surface area contributed by atoms with Crippen molar-refractivity contribution in [3.8, 4) is 11.5 Å². The Bertz CT molecular complexity index is 1170. The molecule has 9 nitrogen and oxygen atoms in total. The molecule has 4 rings (SSSR count). The summed E-state index contributed by atoms with van der Waals surface area (Å²) in [5.41, 5.74) is 0.598. The van der Waals surface area contributed by atoms with E-state index >= 15 is 0 Å². The lowest BCUT2D eigenvalue weighted by molar-refractivity contribution is 0.145. The summed E-state index contributed by atoms with van der Waals surface area (Å²) in [5, 5.41) is 0. The molecule has 1 aliphatic heterocycles. The van der Waals surface area contributed by atoms with E-state index in [1.807, 2.05) is 6.07 Å². The minimum Gasteiger partial charge on any atom is -0.356 e. The topological polar surface area (TPSA) is 105 Å². The number of nitrogens with zero attached hydrogens (tertiary/aromatic N) is 6. The Morgan fingerprint density at radius 1 is 1.26 bits per heavy atom. The smallest absolute Gasteiger partial charge is 0.281 e. The van der Waals surface area contributed by atoms with E-state index in [1.54, 1.807) is 12.4 Å². The lowest BCUT2D eigenvalue weighted by Crippen LogP contribution is -2.37. The van der Waals surface area contributed by atoms with E-state index in [4.69, 9.17) is 0 Å². The zero-order valence-corrected chi connectivity index (χ0v) is 17.8. The largest absolute Gasteiger partial charge is 0.356 e. The SMILES string of the molecule is CS(=O)(=O)NCCC1CCCN(c2ccnc(-c3cnc4cnc(C(F)F)cn34)n2)C1. The summed E-state index contributed by atoms with van der Waals surface area (Å²) >= 11 is 0. The number of nitrogens with one attached hydrogen (secondary N) is 1. The predicted octanol–water partition coefficient (Wildman–Crippen LogP) is 2.28. The molecule has 0 aliphatic carbocycles. The molecule has 3 aromatic rings. The lowest BCUT2D eigenvalue weighted by atomic mass is 9.95.